The van der Waals surface area contributed by atoms with Crippen molar-refractivity contribution >= 4 is 0 Å². The molecule has 1 unspecified atom stereocenters. The van der Waals surface area contributed by atoms with Crippen LogP contribution in [0, 0.1) is 18.3 Å². The predicted molar refractivity (Wildman–Crippen MR) is 118 cm³/mol. The average Bonchev–Trinajstić information content (AvgIpc) is 3.20. The minimum atomic E-state index is -0.298. The van der Waals surface area contributed by atoms with Gasteiger partial charge in [-0.05, 0) is 41.3 Å². The standard InChI is InChI=1S/C26H23N3O/c1-19-8-6-7-11-23(19)24-14-21(12-13-22(24)15-27)26(25-16-28-18-29(25)2)30-17-20-9-4-3-5-10-20/h3-14,16,18,26H,17H2,1-2H3. The van der Waals surface area contributed by atoms with E-state index in [0.717, 1.165) is 33.5 Å². The van der Waals surface area contributed by atoms with Crippen LogP contribution in [0.25, 0.3) is 11.1 Å². The molecule has 4 nitrogen and oxygen atoms in total. The number of hydrogen-bond acceptors (Lipinski definition) is 3. The Morgan fingerprint density at radius 2 is 1.77 bits per heavy atom. The average molecular weight is 393 g/mol. The fourth-order valence-electron chi connectivity index (χ4n) is 3.65. The second kappa shape index (κ2) is 8.77. The number of nitrogens with zero attached hydrogens (tertiary/aromatic N) is 3. The van der Waals surface area contributed by atoms with Crippen molar-refractivity contribution in [2.24, 2.45) is 7.05 Å². The van der Waals surface area contributed by atoms with Crippen molar-refractivity contribution < 1.29 is 4.74 Å². The highest BCUT2D eigenvalue weighted by Gasteiger charge is 2.20. The lowest BCUT2D eigenvalue weighted by molar-refractivity contribution is 0.0622. The van der Waals surface area contributed by atoms with Crippen LogP contribution in [0.15, 0.2) is 85.3 Å². The third kappa shape index (κ3) is 4.03. The Balaban J connectivity index is 1.77. The Morgan fingerprint density at radius 1 is 1.00 bits per heavy atom. The summed E-state index contributed by atoms with van der Waals surface area (Å²) in [5, 5.41) is 9.68. The molecular formula is C26H23N3O. The molecule has 30 heavy (non-hydrogen) atoms. The maximum atomic E-state index is 9.68. The fraction of sp³-hybridized carbons (Fsp3) is 0.154. The maximum absolute atomic E-state index is 9.68. The van der Waals surface area contributed by atoms with Crippen LogP contribution >= 0.6 is 0 Å². The molecule has 0 aliphatic heterocycles. The second-order valence-electron chi connectivity index (χ2n) is 7.34. The van der Waals surface area contributed by atoms with Gasteiger partial charge in [-0.3, -0.25) is 0 Å². The molecule has 0 N–H and O–H groups in total. The van der Waals surface area contributed by atoms with Gasteiger partial charge in [0.25, 0.3) is 0 Å². The lowest BCUT2D eigenvalue weighted by Crippen LogP contribution is -2.11. The molecule has 0 aliphatic carbocycles. The van der Waals surface area contributed by atoms with Gasteiger partial charge in [-0.1, -0.05) is 60.7 Å². The Kier molecular flexibility index (Phi) is 5.74. The van der Waals surface area contributed by atoms with E-state index >= 15 is 0 Å². The third-order valence-corrected chi connectivity index (χ3v) is 5.28. The molecule has 0 bridgehead atoms. The van der Waals surface area contributed by atoms with E-state index in [4.69, 9.17) is 4.74 Å². The molecule has 3 aromatic carbocycles. The Bertz CT molecular complexity index is 1190. The van der Waals surface area contributed by atoms with Crippen molar-refractivity contribution in [2.45, 2.75) is 19.6 Å². The molecule has 0 spiro atoms. The highest BCUT2D eigenvalue weighted by Crippen LogP contribution is 2.33. The Morgan fingerprint density at radius 3 is 2.47 bits per heavy atom. The van der Waals surface area contributed by atoms with Gasteiger partial charge >= 0.3 is 0 Å². The van der Waals surface area contributed by atoms with Crippen LogP contribution in [0.5, 0.6) is 0 Å². The fourth-order valence-corrected chi connectivity index (χ4v) is 3.65. The first-order chi connectivity index (χ1) is 14.7. The molecular weight excluding hydrogens is 370 g/mol. The van der Waals surface area contributed by atoms with Gasteiger partial charge in [-0.2, -0.15) is 5.26 Å². The summed E-state index contributed by atoms with van der Waals surface area (Å²) >= 11 is 0. The summed E-state index contributed by atoms with van der Waals surface area (Å²) in [7, 11) is 1.97. The number of ether oxygens (including phenoxy) is 1. The van der Waals surface area contributed by atoms with Crippen LogP contribution in [-0.2, 0) is 18.4 Å². The quantitative estimate of drug-likeness (QED) is 0.430. The van der Waals surface area contributed by atoms with Crippen molar-refractivity contribution in [3.63, 3.8) is 0 Å². The minimum Gasteiger partial charge on any atom is -0.363 e. The normalized spacial score (nSPS) is 11.8. The zero-order valence-electron chi connectivity index (χ0n) is 17.1. The zero-order valence-corrected chi connectivity index (χ0v) is 17.1. The van der Waals surface area contributed by atoms with Crippen molar-refractivity contribution in [1.82, 2.24) is 9.55 Å². The number of hydrogen-bond donors (Lipinski definition) is 0. The molecule has 4 aromatic rings. The number of imidazole rings is 1. The molecule has 0 fully saturated rings. The molecule has 0 aliphatic rings. The van der Waals surface area contributed by atoms with Gasteiger partial charge in [0.1, 0.15) is 6.10 Å². The lowest BCUT2D eigenvalue weighted by Gasteiger charge is -2.20. The first kappa shape index (κ1) is 19.6. The second-order valence-corrected chi connectivity index (χ2v) is 7.34. The molecule has 4 rings (SSSR count). The summed E-state index contributed by atoms with van der Waals surface area (Å²) < 4.78 is 8.36. The number of rotatable bonds is 6. The van der Waals surface area contributed by atoms with Crippen LogP contribution in [0.3, 0.4) is 0 Å². The van der Waals surface area contributed by atoms with E-state index in [2.05, 4.69) is 48.3 Å². The molecule has 1 heterocycles. The molecule has 0 saturated carbocycles. The van der Waals surface area contributed by atoms with E-state index in [1.165, 1.54) is 0 Å². The van der Waals surface area contributed by atoms with Crippen LogP contribution in [0.1, 0.15) is 34.1 Å². The van der Waals surface area contributed by atoms with E-state index in [9.17, 15) is 5.26 Å². The molecule has 4 heteroatoms. The first-order valence-corrected chi connectivity index (χ1v) is 9.89. The third-order valence-electron chi connectivity index (χ3n) is 5.28. The molecule has 1 aromatic heterocycles. The van der Waals surface area contributed by atoms with Crippen molar-refractivity contribution in [3.05, 3.63) is 113 Å². The zero-order chi connectivity index (χ0) is 20.9. The van der Waals surface area contributed by atoms with E-state index in [1.807, 2.05) is 60.3 Å². The predicted octanol–water partition coefficient (Wildman–Crippen LogP) is 5.57. The van der Waals surface area contributed by atoms with E-state index in [1.54, 1.807) is 6.33 Å². The topological polar surface area (TPSA) is 50.8 Å². The van der Waals surface area contributed by atoms with Crippen LogP contribution in [0.2, 0.25) is 0 Å². The molecule has 0 radical (unpaired) electrons. The highest BCUT2D eigenvalue weighted by atomic mass is 16.5. The lowest BCUT2D eigenvalue weighted by atomic mass is 9.93. The van der Waals surface area contributed by atoms with Gasteiger partial charge in [-0.15, -0.1) is 0 Å². The van der Waals surface area contributed by atoms with E-state index < -0.39 is 0 Å². The van der Waals surface area contributed by atoms with Crippen LogP contribution in [-0.4, -0.2) is 9.55 Å². The molecule has 0 saturated heterocycles. The molecule has 1 atom stereocenters. The van der Waals surface area contributed by atoms with Gasteiger partial charge < -0.3 is 9.30 Å². The summed E-state index contributed by atoms with van der Waals surface area (Å²) in [6.45, 7) is 2.55. The van der Waals surface area contributed by atoms with Gasteiger partial charge in [0.05, 0.1) is 36.5 Å². The number of aromatic nitrogens is 2. The largest absolute Gasteiger partial charge is 0.363 e. The molecule has 148 valence electrons. The SMILES string of the molecule is Cc1ccccc1-c1cc(C(OCc2ccccc2)c2cncn2C)ccc1C#N. The number of aryl methyl sites for hydroxylation is 2. The maximum Gasteiger partial charge on any atom is 0.124 e. The van der Waals surface area contributed by atoms with Crippen LogP contribution < -0.4 is 0 Å². The van der Waals surface area contributed by atoms with Crippen LogP contribution in [0.4, 0.5) is 0 Å². The van der Waals surface area contributed by atoms with Crippen molar-refractivity contribution in [1.29, 1.82) is 5.26 Å². The van der Waals surface area contributed by atoms with Gasteiger partial charge in [0, 0.05) is 12.6 Å². The van der Waals surface area contributed by atoms with Gasteiger partial charge in [0.2, 0.25) is 0 Å². The van der Waals surface area contributed by atoms with Crippen molar-refractivity contribution in [3.8, 4) is 17.2 Å². The monoisotopic (exact) mass is 393 g/mol. The smallest absolute Gasteiger partial charge is 0.124 e. The minimum absolute atomic E-state index is 0.298. The van der Waals surface area contributed by atoms with E-state index in [-0.39, 0.29) is 6.10 Å². The Hall–Kier alpha value is -3.68. The van der Waals surface area contributed by atoms with Gasteiger partial charge in [-0.25, -0.2) is 4.98 Å². The number of benzene rings is 3. The Labute approximate surface area is 177 Å². The first-order valence-electron chi connectivity index (χ1n) is 9.89. The summed E-state index contributed by atoms with van der Waals surface area (Å²) in [6.07, 6.45) is 3.31. The highest BCUT2D eigenvalue weighted by molar-refractivity contribution is 5.74. The summed E-state index contributed by atoms with van der Waals surface area (Å²) in [5.74, 6) is 0. The molecule has 0 amide bonds. The van der Waals surface area contributed by atoms with Gasteiger partial charge in [0.15, 0.2) is 0 Å². The summed E-state index contributed by atoms with van der Waals surface area (Å²) in [5.41, 5.74) is 6.83. The number of nitriles is 1. The summed E-state index contributed by atoms with van der Waals surface area (Å²) in [4.78, 5) is 4.28. The van der Waals surface area contributed by atoms with Crippen molar-refractivity contribution in [2.75, 3.05) is 0 Å². The summed E-state index contributed by atoms with van der Waals surface area (Å²) in [6, 6.07) is 26.5. The van der Waals surface area contributed by atoms with E-state index in [0.29, 0.717) is 12.2 Å².